The average Bonchev–Trinajstić information content (AvgIpc) is 2.57. The maximum atomic E-state index is 13.7. The highest BCUT2D eigenvalue weighted by molar-refractivity contribution is 9.10. The lowest BCUT2D eigenvalue weighted by Crippen LogP contribution is -2.34. The molecule has 0 bridgehead atoms. The fraction of sp³-hybridized carbons (Fsp3) is 0.417. The Labute approximate surface area is 108 Å². The van der Waals surface area contributed by atoms with Gasteiger partial charge in [-0.1, -0.05) is 6.07 Å². The van der Waals surface area contributed by atoms with E-state index < -0.39 is 5.82 Å². The van der Waals surface area contributed by atoms with Gasteiger partial charge in [-0.25, -0.2) is 4.39 Å². The zero-order chi connectivity index (χ0) is 12.3. The van der Waals surface area contributed by atoms with Gasteiger partial charge in [0.15, 0.2) is 0 Å². The smallest absolute Gasteiger partial charge is 0.258 e. The fourth-order valence-corrected chi connectivity index (χ4v) is 2.42. The summed E-state index contributed by atoms with van der Waals surface area (Å²) in [5, 5.41) is 3.21. The summed E-state index contributed by atoms with van der Waals surface area (Å²) in [6.07, 6.45) is 0.901. The molecule has 1 aliphatic rings. The van der Waals surface area contributed by atoms with Crippen LogP contribution in [0, 0.1) is 5.82 Å². The van der Waals surface area contributed by atoms with Crippen molar-refractivity contribution in [2.75, 3.05) is 26.2 Å². The SMILES string of the molecule is O=C(c1c(F)cccc1Br)N1CCCNCC1. The predicted octanol–water partition coefficient (Wildman–Crippen LogP) is 2.02. The molecule has 1 heterocycles. The first kappa shape index (κ1) is 12.5. The van der Waals surface area contributed by atoms with E-state index in [2.05, 4.69) is 21.2 Å². The standard InChI is InChI=1S/C12H14BrFN2O/c13-9-3-1-4-10(14)11(9)12(17)16-7-2-5-15-6-8-16/h1,3-4,15H,2,5-8H2. The second kappa shape index (κ2) is 5.60. The van der Waals surface area contributed by atoms with Crippen LogP contribution in [0.5, 0.6) is 0 Å². The number of hydrogen-bond donors (Lipinski definition) is 1. The van der Waals surface area contributed by atoms with Gasteiger partial charge in [-0.15, -0.1) is 0 Å². The molecule has 1 aliphatic heterocycles. The molecule has 0 unspecified atom stereocenters. The van der Waals surface area contributed by atoms with Crippen molar-refractivity contribution in [2.24, 2.45) is 0 Å². The van der Waals surface area contributed by atoms with Gasteiger partial charge in [0.25, 0.3) is 5.91 Å². The second-order valence-corrected chi connectivity index (χ2v) is 4.85. The van der Waals surface area contributed by atoms with Crippen LogP contribution < -0.4 is 5.32 Å². The Kier molecular flexibility index (Phi) is 4.12. The van der Waals surface area contributed by atoms with Gasteiger partial charge >= 0.3 is 0 Å². The molecule has 0 atom stereocenters. The maximum Gasteiger partial charge on any atom is 0.258 e. The molecule has 1 amide bonds. The molecule has 1 fully saturated rings. The third-order valence-corrected chi connectivity index (χ3v) is 3.46. The number of carbonyl (C=O) groups excluding carboxylic acids is 1. The molecule has 2 rings (SSSR count). The summed E-state index contributed by atoms with van der Waals surface area (Å²) < 4.78 is 14.2. The first-order chi connectivity index (χ1) is 8.20. The number of amides is 1. The lowest BCUT2D eigenvalue weighted by molar-refractivity contribution is 0.0760. The van der Waals surface area contributed by atoms with Gasteiger partial charge in [0.05, 0.1) is 5.56 Å². The van der Waals surface area contributed by atoms with E-state index in [9.17, 15) is 9.18 Å². The molecule has 17 heavy (non-hydrogen) atoms. The molecule has 0 spiro atoms. The Hall–Kier alpha value is -0.940. The summed E-state index contributed by atoms with van der Waals surface area (Å²) >= 11 is 3.23. The van der Waals surface area contributed by atoms with Crippen molar-refractivity contribution in [1.29, 1.82) is 0 Å². The monoisotopic (exact) mass is 300 g/mol. The van der Waals surface area contributed by atoms with E-state index in [0.29, 0.717) is 17.6 Å². The fourth-order valence-electron chi connectivity index (χ4n) is 1.91. The van der Waals surface area contributed by atoms with Crippen molar-refractivity contribution in [3.8, 4) is 0 Å². The van der Waals surface area contributed by atoms with Crippen LogP contribution in [-0.4, -0.2) is 37.0 Å². The van der Waals surface area contributed by atoms with Crippen LogP contribution >= 0.6 is 15.9 Å². The van der Waals surface area contributed by atoms with E-state index in [1.165, 1.54) is 6.07 Å². The summed E-state index contributed by atoms with van der Waals surface area (Å²) in [5.74, 6) is -0.708. The van der Waals surface area contributed by atoms with Crippen LogP contribution in [-0.2, 0) is 0 Å². The normalized spacial score (nSPS) is 16.7. The molecule has 1 aromatic carbocycles. The lowest BCUT2D eigenvalue weighted by atomic mass is 10.2. The first-order valence-electron chi connectivity index (χ1n) is 5.64. The van der Waals surface area contributed by atoms with Gasteiger partial charge in [0.2, 0.25) is 0 Å². The highest BCUT2D eigenvalue weighted by atomic mass is 79.9. The summed E-state index contributed by atoms with van der Waals surface area (Å²) in [7, 11) is 0. The van der Waals surface area contributed by atoms with Crippen LogP contribution in [0.2, 0.25) is 0 Å². The molecule has 1 N–H and O–H groups in total. The Balaban J connectivity index is 2.23. The van der Waals surface area contributed by atoms with E-state index in [1.807, 2.05) is 0 Å². The van der Waals surface area contributed by atoms with E-state index >= 15 is 0 Å². The molecular weight excluding hydrogens is 287 g/mol. The second-order valence-electron chi connectivity index (χ2n) is 3.99. The molecular formula is C12H14BrFN2O. The number of carbonyl (C=O) groups is 1. The van der Waals surface area contributed by atoms with Crippen LogP contribution in [0.25, 0.3) is 0 Å². The summed E-state index contributed by atoms with van der Waals surface area (Å²) in [5.41, 5.74) is 0.134. The minimum Gasteiger partial charge on any atom is -0.337 e. The van der Waals surface area contributed by atoms with Crippen LogP contribution in [0.4, 0.5) is 4.39 Å². The van der Waals surface area contributed by atoms with E-state index in [1.54, 1.807) is 17.0 Å². The summed E-state index contributed by atoms with van der Waals surface area (Å²) in [6, 6.07) is 4.58. The zero-order valence-electron chi connectivity index (χ0n) is 9.38. The molecule has 3 nitrogen and oxygen atoms in total. The minimum absolute atomic E-state index is 0.134. The predicted molar refractivity (Wildman–Crippen MR) is 67.5 cm³/mol. The Morgan fingerprint density at radius 1 is 1.35 bits per heavy atom. The quantitative estimate of drug-likeness (QED) is 0.861. The van der Waals surface area contributed by atoms with Gasteiger partial charge < -0.3 is 10.2 Å². The molecule has 0 radical (unpaired) electrons. The number of halogens is 2. The average molecular weight is 301 g/mol. The Bertz CT molecular complexity index is 397. The van der Waals surface area contributed by atoms with Crippen molar-refractivity contribution in [2.45, 2.75) is 6.42 Å². The van der Waals surface area contributed by atoms with Crippen molar-refractivity contribution < 1.29 is 9.18 Å². The van der Waals surface area contributed by atoms with Gasteiger partial charge in [-0.2, -0.15) is 0 Å². The molecule has 0 aliphatic carbocycles. The number of rotatable bonds is 1. The maximum absolute atomic E-state index is 13.7. The topological polar surface area (TPSA) is 32.3 Å². The summed E-state index contributed by atoms with van der Waals surface area (Å²) in [4.78, 5) is 13.9. The molecule has 5 heteroatoms. The third-order valence-electron chi connectivity index (χ3n) is 2.80. The number of benzene rings is 1. The van der Waals surface area contributed by atoms with Crippen LogP contribution in [0.3, 0.4) is 0 Å². The van der Waals surface area contributed by atoms with E-state index in [0.717, 1.165) is 19.5 Å². The van der Waals surface area contributed by atoms with Gasteiger partial charge in [-0.3, -0.25) is 4.79 Å². The molecule has 1 aromatic rings. The van der Waals surface area contributed by atoms with Crippen LogP contribution in [0.1, 0.15) is 16.8 Å². The van der Waals surface area contributed by atoms with E-state index in [4.69, 9.17) is 0 Å². The van der Waals surface area contributed by atoms with Gasteiger partial charge in [-0.05, 0) is 41.0 Å². The van der Waals surface area contributed by atoms with Crippen molar-refractivity contribution in [3.05, 3.63) is 34.1 Å². The number of nitrogens with one attached hydrogen (secondary N) is 1. The number of nitrogens with zero attached hydrogens (tertiary/aromatic N) is 1. The van der Waals surface area contributed by atoms with Gasteiger partial charge in [0, 0.05) is 24.1 Å². The molecule has 0 aromatic heterocycles. The van der Waals surface area contributed by atoms with Crippen molar-refractivity contribution >= 4 is 21.8 Å². The van der Waals surface area contributed by atoms with Crippen LogP contribution in [0.15, 0.2) is 22.7 Å². The lowest BCUT2D eigenvalue weighted by Gasteiger charge is -2.20. The first-order valence-corrected chi connectivity index (χ1v) is 6.43. The highest BCUT2D eigenvalue weighted by Gasteiger charge is 2.22. The van der Waals surface area contributed by atoms with Gasteiger partial charge in [0.1, 0.15) is 5.82 Å². The van der Waals surface area contributed by atoms with E-state index in [-0.39, 0.29) is 11.5 Å². The summed E-state index contributed by atoms with van der Waals surface area (Å²) in [6.45, 7) is 2.96. The Morgan fingerprint density at radius 3 is 2.94 bits per heavy atom. The Morgan fingerprint density at radius 2 is 2.18 bits per heavy atom. The molecule has 0 saturated carbocycles. The minimum atomic E-state index is -0.471. The number of hydrogen-bond acceptors (Lipinski definition) is 2. The molecule has 1 saturated heterocycles. The highest BCUT2D eigenvalue weighted by Crippen LogP contribution is 2.21. The largest absolute Gasteiger partial charge is 0.337 e. The molecule has 92 valence electrons. The third kappa shape index (κ3) is 2.84. The zero-order valence-corrected chi connectivity index (χ0v) is 11.0. The van der Waals surface area contributed by atoms with Crippen molar-refractivity contribution in [1.82, 2.24) is 10.2 Å². The van der Waals surface area contributed by atoms with Crippen molar-refractivity contribution in [3.63, 3.8) is 0 Å².